The van der Waals surface area contributed by atoms with Gasteiger partial charge in [-0.05, 0) is 30.3 Å². The fraction of sp³-hybridized carbons (Fsp3) is 0.0667. The Morgan fingerprint density at radius 1 is 1.29 bits per heavy atom. The van der Waals surface area contributed by atoms with Crippen molar-refractivity contribution in [1.29, 1.82) is 0 Å². The molecule has 4 nitrogen and oxygen atoms in total. The second kappa shape index (κ2) is 5.95. The number of halogens is 4. The number of benzene rings is 1. The molecule has 3 aromatic rings. The maximum Gasteiger partial charge on any atom is 0.416 e. The molecule has 1 aromatic carbocycles. The predicted molar refractivity (Wildman–Crippen MR) is 88.4 cm³/mol. The summed E-state index contributed by atoms with van der Waals surface area (Å²) >= 11 is 6.93. The van der Waals surface area contributed by atoms with Crippen LogP contribution in [0.15, 0.2) is 36.5 Å². The summed E-state index contributed by atoms with van der Waals surface area (Å²) in [7, 11) is 0. The van der Waals surface area contributed by atoms with Crippen LogP contribution in [0.2, 0.25) is 5.02 Å². The van der Waals surface area contributed by atoms with E-state index in [1.165, 1.54) is 0 Å². The number of nitrogens with zero attached hydrogens (tertiary/aromatic N) is 1. The molecule has 124 valence electrons. The van der Waals surface area contributed by atoms with Crippen LogP contribution in [0.25, 0.3) is 10.2 Å². The number of carbonyl (C=O) groups excluding carboxylic acids is 1. The highest BCUT2D eigenvalue weighted by molar-refractivity contribution is 7.21. The van der Waals surface area contributed by atoms with E-state index < -0.39 is 17.6 Å². The molecule has 9 heteroatoms. The van der Waals surface area contributed by atoms with Gasteiger partial charge in [-0.15, -0.1) is 11.3 Å². The summed E-state index contributed by atoms with van der Waals surface area (Å²) in [6.07, 6.45) is -2.98. The topological polar surface area (TPSA) is 68.0 Å². The molecule has 24 heavy (non-hydrogen) atoms. The molecular weight excluding hydrogens is 363 g/mol. The first-order valence-corrected chi connectivity index (χ1v) is 7.78. The summed E-state index contributed by atoms with van der Waals surface area (Å²) in [6.45, 7) is 0. The number of pyridine rings is 1. The van der Waals surface area contributed by atoms with Gasteiger partial charge >= 0.3 is 6.18 Å². The minimum absolute atomic E-state index is 0.00541. The van der Waals surface area contributed by atoms with Crippen LogP contribution in [0.3, 0.4) is 0 Å². The Hall–Kier alpha value is -2.32. The third-order valence-electron chi connectivity index (χ3n) is 3.25. The highest BCUT2D eigenvalue weighted by Crippen LogP contribution is 2.36. The number of alkyl halides is 3. The van der Waals surface area contributed by atoms with E-state index in [4.69, 9.17) is 17.3 Å². The average molecular weight is 372 g/mol. The quantitative estimate of drug-likeness (QED) is 0.679. The average Bonchev–Trinajstić information content (AvgIpc) is 2.86. The summed E-state index contributed by atoms with van der Waals surface area (Å²) in [4.78, 5) is 17.2. The van der Waals surface area contributed by atoms with Gasteiger partial charge in [-0.25, -0.2) is 4.98 Å². The van der Waals surface area contributed by atoms with E-state index in [9.17, 15) is 18.0 Å². The van der Waals surface area contributed by atoms with E-state index in [0.29, 0.717) is 10.2 Å². The molecule has 0 atom stereocenters. The molecule has 0 aliphatic heterocycles. The van der Waals surface area contributed by atoms with Crippen LogP contribution in [0.5, 0.6) is 0 Å². The smallest absolute Gasteiger partial charge is 0.397 e. The number of nitrogen functional groups attached to an aromatic ring is 1. The van der Waals surface area contributed by atoms with Gasteiger partial charge in [-0.1, -0.05) is 11.6 Å². The van der Waals surface area contributed by atoms with Crippen molar-refractivity contribution in [2.75, 3.05) is 11.1 Å². The van der Waals surface area contributed by atoms with Crippen LogP contribution in [-0.4, -0.2) is 10.9 Å². The first-order valence-electron chi connectivity index (χ1n) is 6.58. The first-order chi connectivity index (χ1) is 11.3. The molecule has 0 aliphatic carbocycles. The summed E-state index contributed by atoms with van der Waals surface area (Å²) < 4.78 is 38.3. The van der Waals surface area contributed by atoms with Crippen molar-refractivity contribution in [3.05, 3.63) is 52.0 Å². The standard InChI is InChI=1S/C15H9ClF3N3OS/c16-9-4-3-7(15(17,18)19)6-10(9)22-13(23)12-11(20)8-2-1-5-21-14(8)24-12/h1-6H,20H2,(H,22,23). The van der Waals surface area contributed by atoms with Crippen LogP contribution in [0.4, 0.5) is 24.5 Å². The van der Waals surface area contributed by atoms with Gasteiger partial charge in [0.2, 0.25) is 0 Å². The number of fused-ring (bicyclic) bond motifs is 1. The van der Waals surface area contributed by atoms with E-state index >= 15 is 0 Å². The lowest BCUT2D eigenvalue weighted by Gasteiger charge is -2.11. The summed E-state index contributed by atoms with van der Waals surface area (Å²) in [6, 6.07) is 6.09. The summed E-state index contributed by atoms with van der Waals surface area (Å²) in [5.74, 6) is -0.642. The van der Waals surface area contributed by atoms with E-state index in [1.54, 1.807) is 18.3 Å². The second-order valence-electron chi connectivity index (χ2n) is 4.85. The number of anilines is 2. The molecule has 0 unspecified atom stereocenters. The van der Waals surface area contributed by atoms with Crippen LogP contribution >= 0.6 is 22.9 Å². The Bertz CT molecular complexity index is 939. The summed E-state index contributed by atoms with van der Waals surface area (Å²) in [5, 5.41) is 2.98. The number of nitrogens with one attached hydrogen (secondary N) is 1. The van der Waals surface area contributed by atoms with Crippen molar-refractivity contribution in [2.24, 2.45) is 0 Å². The largest absolute Gasteiger partial charge is 0.416 e. The zero-order valence-electron chi connectivity index (χ0n) is 11.8. The lowest BCUT2D eigenvalue weighted by atomic mass is 10.2. The Labute approximate surface area is 143 Å². The van der Waals surface area contributed by atoms with Gasteiger partial charge in [0.25, 0.3) is 5.91 Å². The number of amides is 1. The molecule has 0 aliphatic rings. The highest BCUT2D eigenvalue weighted by Gasteiger charge is 2.31. The zero-order chi connectivity index (χ0) is 17.5. The number of aromatic nitrogens is 1. The highest BCUT2D eigenvalue weighted by atomic mass is 35.5. The molecule has 1 amide bonds. The maximum absolute atomic E-state index is 12.8. The third kappa shape index (κ3) is 3.02. The van der Waals surface area contributed by atoms with Crippen LogP contribution < -0.4 is 11.1 Å². The predicted octanol–water partition coefficient (Wildman–Crippen LogP) is 4.80. The fourth-order valence-corrected chi connectivity index (χ4v) is 3.22. The van der Waals surface area contributed by atoms with E-state index in [0.717, 1.165) is 29.5 Å². The van der Waals surface area contributed by atoms with Crippen molar-refractivity contribution in [2.45, 2.75) is 6.18 Å². The van der Waals surface area contributed by atoms with E-state index in [1.807, 2.05) is 0 Å². The van der Waals surface area contributed by atoms with Gasteiger partial charge < -0.3 is 11.1 Å². The van der Waals surface area contributed by atoms with Gasteiger partial charge in [-0.3, -0.25) is 4.79 Å². The number of carbonyl (C=O) groups is 1. The number of hydrogen-bond donors (Lipinski definition) is 2. The number of hydrogen-bond acceptors (Lipinski definition) is 4. The van der Waals surface area contributed by atoms with Crippen molar-refractivity contribution in [3.63, 3.8) is 0 Å². The van der Waals surface area contributed by atoms with Crippen LogP contribution in [0, 0.1) is 0 Å². The van der Waals surface area contributed by atoms with Gasteiger partial charge in [0, 0.05) is 11.6 Å². The number of thiophene rings is 1. The Morgan fingerprint density at radius 3 is 2.71 bits per heavy atom. The molecule has 0 spiro atoms. The molecule has 0 saturated carbocycles. The molecular formula is C15H9ClF3N3OS. The first kappa shape index (κ1) is 16.5. The molecule has 0 radical (unpaired) electrons. The minimum Gasteiger partial charge on any atom is -0.397 e. The molecule has 3 N–H and O–H groups in total. The normalized spacial score (nSPS) is 11.7. The van der Waals surface area contributed by atoms with Gasteiger partial charge in [0.05, 0.1) is 22.0 Å². The van der Waals surface area contributed by atoms with Gasteiger partial charge in [0.15, 0.2) is 0 Å². The molecule has 2 aromatic heterocycles. The Balaban J connectivity index is 1.96. The lowest BCUT2D eigenvalue weighted by Crippen LogP contribution is -2.13. The van der Waals surface area contributed by atoms with Crippen LogP contribution in [-0.2, 0) is 6.18 Å². The number of rotatable bonds is 2. The van der Waals surface area contributed by atoms with E-state index in [2.05, 4.69) is 10.3 Å². The third-order valence-corrected chi connectivity index (χ3v) is 4.71. The molecule has 0 saturated heterocycles. The Kier molecular flexibility index (Phi) is 4.10. The summed E-state index contributed by atoms with van der Waals surface area (Å²) in [5.41, 5.74) is 5.11. The zero-order valence-corrected chi connectivity index (χ0v) is 13.4. The Morgan fingerprint density at radius 2 is 2.04 bits per heavy atom. The molecule has 3 rings (SSSR count). The molecule has 2 heterocycles. The molecule has 0 fully saturated rings. The van der Waals surface area contributed by atoms with Gasteiger partial charge in [-0.2, -0.15) is 13.2 Å². The minimum atomic E-state index is -4.54. The monoisotopic (exact) mass is 371 g/mol. The van der Waals surface area contributed by atoms with Crippen molar-refractivity contribution >= 4 is 50.4 Å². The SMILES string of the molecule is Nc1c(C(=O)Nc2cc(C(F)(F)F)ccc2Cl)sc2ncccc12. The van der Waals surface area contributed by atoms with Crippen molar-refractivity contribution in [3.8, 4) is 0 Å². The fourth-order valence-electron chi connectivity index (χ4n) is 2.10. The molecule has 0 bridgehead atoms. The van der Waals surface area contributed by atoms with Gasteiger partial charge in [0.1, 0.15) is 9.71 Å². The lowest BCUT2D eigenvalue weighted by molar-refractivity contribution is -0.137. The second-order valence-corrected chi connectivity index (χ2v) is 6.25. The number of nitrogens with two attached hydrogens (primary N) is 1. The maximum atomic E-state index is 12.8. The van der Waals surface area contributed by atoms with E-state index in [-0.39, 0.29) is 21.3 Å². The van der Waals surface area contributed by atoms with Crippen molar-refractivity contribution in [1.82, 2.24) is 4.98 Å². The van der Waals surface area contributed by atoms with Crippen LogP contribution in [0.1, 0.15) is 15.2 Å². The van der Waals surface area contributed by atoms with Crippen molar-refractivity contribution < 1.29 is 18.0 Å².